The first-order chi connectivity index (χ1) is 14.5. The Morgan fingerprint density at radius 3 is 2.53 bits per heavy atom. The molecule has 0 saturated carbocycles. The monoisotopic (exact) mass is 410 g/mol. The molecule has 1 fully saturated rings. The summed E-state index contributed by atoms with van der Waals surface area (Å²) >= 11 is 0. The van der Waals surface area contributed by atoms with Gasteiger partial charge in [0.1, 0.15) is 5.75 Å². The minimum absolute atomic E-state index is 0.0650. The summed E-state index contributed by atoms with van der Waals surface area (Å²) in [5.41, 5.74) is 4.87. The first-order valence-electron chi connectivity index (χ1n) is 10.7. The van der Waals surface area contributed by atoms with Crippen molar-refractivity contribution in [1.29, 1.82) is 0 Å². The highest BCUT2D eigenvalue weighted by Gasteiger charge is 2.46. The van der Waals surface area contributed by atoms with E-state index < -0.39 is 0 Å². The molecule has 0 aromatic heterocycles. The number of ether oxygens (including phenoxy) is 4. The number of methoxy groups -OCH3 is 1. The van der Waals surface area contributed by atoms with Gasteiger partial charge in [-0.15, -0.1) is 0 Å². The van der Waals surface area contributed by atoms with Gasteiger partial charge >= 0.3 is 0 Å². The van der Waals surface area contributed by atoms with Crippen molar-refractivity contribution in [3.05, 3.63) is 76.9 Å². The second kappa shape index (κ2) is 10.8. The van der Waals surface area contributed by atoms with Crippen molar-refractivity contribution in [2.45, 2.75) is 65.0 Å². The Morgan fingerprint density at radius 1 is 1.07 bits per heavy atom. The fraction of sp³-hybridized carbons (Fsp3) is 0.462. The molecule has 3 rings (SSSR count). The van der Waals surface area contributed by atoms with E-state index in [2.05, 4.69) is 32.9 Å². The van der Waals surface area contributed by atoms with Crippen LogP contribution in [0.15, 0.2) is 60.2 Å². The van der Waals surface area contributed by atoms with Crippen molar-refractivity contribution in [2.75, 3.05) is 13.9 Å². The topological polar surface area (TPSA) is 40.2 Å². The molecule has 1 aliphatic heterocycles. The Balaban J connectivity index is 1.55. The third-order valence-electron chi connectivity index (χ3n) is 5.48. The molecule has 1 atom stereocenters. The SMILES string of the molecule is COCc1ccc(OCOCc2ccccc2)c(C/C=C(\C)CC[C@H]2OC2(C)C)c1. The molecule has 0 amide bonds. The Hall–Kier alpha value is -2.14. The largest absolute Gasteiger partial charge is 0.467 e. The normalized spacial score (nSPS) is 17.7. The summed E-state index contributed by atoms with van der Waals surface area (Å²) in [6.07, 6.45) is 5.65. The Labute approximate surface area is 180 Å². The number of allylic oxidation sites excluding steroid dienone is 2. The van der Waals surface area contributed by atoms with Crippen LogP contribution >= 0.6 is 0 Å². The molecule has 162 valence electrons. The van der Waals surface area contributed by atoms with Crippen LogP contribution in [0.4, 0.5) is 0 Å². The van der Waals surface area contributed by atoms with E-state index in [9.17, 15) is 0 Å². The lowest BCUT2D eigenvalue weighted by Gasteiger charge is -2.13. The molecule has 0 spiro atoms. The van der Waals surface area contributed by atoms with Crippen molar-refractivity contribution >= 4 is 0 Å². The molecule has 0 unspecified atom stereocenters. The van der Waals surface area contributed by atoms with E-state index in [0.29, 0.717) is 19.3 Å². The fourth-order valence-corrected chi connectivity index (χ4v) is 3.51. The summed E-state index contributed by atoms with van der Waals surface area (Å²) in [5.74, 6) is 0.860. The molecule has 1 saturated heterocycles. The van der Waals surface area contributed by atoms with Gasteiger partial charge in [-0.3, -0.25) is 0 Å². The van der Waals surface area contributed by atoms with E-state index in [4.69, 9.17) is 18.9 Å². The molecular formula is C26H34O4. The van der Waals surface area contributed by atoms with Gasteiger partial charge in [-0.2, -0.15) is 0 Å². The van der Waals surface area contributed by atoms with Gasteiger partial charge in [0.2, 0.25) is 0 Å². The second-order valence-corrected chi connectivity index (χ2v) is 8.47. The van der Waals surface area contributed by atoms with Crippen molar-refractivity contribution in [2.24, 2.45) is 0 Å². The van der Waals surface area contributed by atoms with Gasteiger partial charge in [-0.05, 0) is 68.9 Å². The molecule has 2 aromatic carbocycles. The predicted octanol–water partition coefficient (Wildman–Crippen LogP) is 5.83. The lowest BCUT2D eigenvalue weighted by atomic mass is 10.0. The van der Waals surface area contributed by atoms with Crippen molar-refractivity contribution in [1.82, 2.24) is 0 Å². The highest BCUT2D eigenvalue weighted by molar-refractivity contribution is 5.38. The van der Waals surface area contributed by atoms with Gasteiger partial charge in [-0.25, -0.2) is 0 Å². The van der Waals surface area contributed by atoms with Crippen LogP contribution in [0.5, 0.6) is 5.75 Å². The van der Waals surface area contributed by atoms with Gasteiger partial charge in [0, 0.05) is 7.11 Å². The van der Waals surface area contributed by atoms with Crippen LogP contribution in [0, 0.1) is 0 Å². The highest BCUT2D eigenvalue weighted by Crippen LogP contribution is 2.39. The molecule has 0 radical (unpaired) electrons. The third kappa shape index (κ3) is 6.98. The van der Waals surface area contributed by atoms with Gasteiger partial charge in [0.15, 0.2) is 6.79 Å². The zero-order chi connectivity index (χ0) is 21.4. The predicted molar refractivity (Wildman–Crippen MR) is 120 cm³/mol. The summed E-state index contributed by atoms with van der Waals surface area (Å²) in [4.78, 5) is 0. The van der Waals surface area contributed by atoms with Crippen LogP contribution in [0.3, 0.4) is 0 Å². The molecule has 0 N–H and O–H groups in total. The van der Waals surface area contributed by atoms with Crippen LogP contribution in [0.1, 0.15) is 50.3 Å². The average Bonchev–Trinajstić information content (AvgIpc) is 3.36. The number of hydrogen-bond acceptors (Lipinski definition) is 4. The molecule has 0 aliphatic carbocycles. The summed E-state index contributed by atoms with van der Waals surface area (Å²) < 4.78 is 22.6. The zero-order valence-electron chi connectivity index (χ0n) is 18.6. The first-order valence-corrected chi connectivity index (χ1v) is 10.7. The molecule has 0 bridgehead atoms. The standard InChI is InChI=1S/C26H34O4/c1-20(11-15-25-26(2,3)30-25)10-13-23-16-22(17-27-4)12-14-24(23)29-19-28-18-21-8-6-5-7-9-21/h5-10,12,14,16,25H,11,13,15,17-19H2,1-4H3/b20-10+/t25-/m1/s1. The first kappa shape index (κ1) is 22.5. The quantitative estimate of drug-likeness (QED) is 0.191. The minimum atomic E-state index is 0.0650. The molecule has 4 nitrogen and oxygen atoms in total. The lowest BCUT2D eigenvalue weighted by Crippen LogP contribution is -2.05. The highest BCUT2D eigenvalue weighted by atomic mass is 16.7. The molecule has 1 heterocycles. The van der Waals surface area contributed by atoms with E-state index in [-0.39, 0.29) is 12.4 Å². The molecule has 2 aromatic rings. The van der Waals surface area contributed by atoms with Gasteiger partial charge in [-0.1, -0.05) is 48.0 Å². The van der Waals surface area contributed by atoms with Crippen LogP contribution in [0.2, 0.25) is 0 Å². The average molecular weight is 411 g/mol. The fourth-order valence-electron chi connectivity index (χ4n) is 3.51. The number of benzene rings is 2. The van der Waals surface area contributed by atoms with Crippen molar-refractivity contribution in [3.8, 4) is 5.75 Å². The van der Waals surface area contributed by atoms with E-state index in [1.54, 1.807) is 7.11 Å². The van der Waals surface area contributed by atoms with Crippen LogP contribution < -0.4 is 4.74 Å². The van der Waals surface area contributed by atoms with Gasteiger partial charge in [0.05, 0.1) is 24.9 Å². The molecule has 1 aliphatic rings. The van der Waals surface area contributed by atoms with Crippen molar-refractivity contribution in [3.63, 3.8) is 0 Å². The lowest BCUT2D eigenvalue weighted by molar-refractivity contribution is 0.00457. The number of hydrogen-bond donors (Lipinski definition) is 0. The van der Waals surface area contributed by atoms with Gasteiger partial charge < -0.3 is 18.9 Å². The van der Waals surface area contributed by atoms with E-state index in [1.165, 1.54) is 5.57 Å². The Bertz CT molecular complexity index is 826. The van der Waals surface area contributed by atoms with Crippen LogP contribution in [-0.2, 0) is 33.8 Å². The van der Waals surface area contributed by atoms with E-state index in [0.717, 1.165) is 41.7 Å². The zero-order valence-corrected chi connectivity index (χ0v) is 18.6. The Kier molecular flexibility index (Phi) is 8.08. The number of epoxide rings is 1. The van der Waals surface area contributed by atoms with Crippen LogP contribution in [0.25, 0.3) is 0 Å². The summed E-state index contributed by atoms with van der Waals surface area (Å²) in [5, 5.41) is 0. The molecule has 4 heteroatoms. The van der Waals surface area contributed by atoms with E-state index in [1.807, 2.05) is 42.5 Å². The summed E-state index contributed by atoms with van der Waals surface area (Å²) in [7, 11) is 1.72. The number of rotatable bonds is 12. The van der Waals surface area contributed by atoms with Gasteiger partial charge in [0.25, 0.3) is 0 Å². The molecule has 30 heavy (non-hydrogen) atoms. The van der Waals surface area contributed by atoms with Crippen LogP contribution in [-0.4, -0.2) is 25.6 Å². The maximum atomic E-state index is 5.95. The van der Waals surface area contributed by atoms with E-state index >= 15 is 0 Å². The summed E-state index contributed by atoms with van der Waals surface area (Å²) in [6.45, 7) is 7.86. The Morgan fingerprint density at radius 2 is 1.83 bits per heavy atom. The second-order valence-electron chi connectivity index (χ2n) is 8.47. The smallest absolute Gasteiger partial charge is 0.189 e. The minimum Gasteiger partial charge on any atom is -0.467 e. The summed E-state index contributed by atoms with van der Waals surface area (Å²) in [6, 6.07) is 16.3. The maximum absolute atomic E-state index is 5.95. The molecular weight excluding hydrogens is 376 g/mol. The third-order valence-corrected chi connectivity index (χ3v) is 5.48. The maximum Gasteiger partial charge on any atom is 0.189 e. The van der Waals surface area contributed by atoms with Crippen molar-refractivity contribution < 1.29 is 18.9 Å².